The van der Waals surface area contributed by atoms with Crippen LogP contribution >= 0.6 is 0 Å². The Balaban J connectivity index is 3.09. The Morgan fingerprint density at radius 3 is 2.21 bits per heavy atom. The van der Waals surface area contributed by atoms with Crippen LogP contribution in [0.25, 0.3) is 0 Å². The standard InChI is InChI=1S/C18H24N2O9/c1-18(2,3)29-17(23)19-11(15(21)26-4)10-14(16(22)27-5)28-13-9-7-6-8-12(13)20(24)25/h6-9,11,14H,10H2,1-5H3,(H,19,23)/t11-,14-/m0/s1. The van der Waals surface area contributed by atoms with E-state index in [0.717, 1.165) is 14.2 Å². The molecule has 0 heterocycles. The number of methoxy groups -OCH3 is 2. The third kappa shape index (κ3) is 7.64. The van der Waals surface area contributed by atoms with Gasteiger partial charge in [0, 0.05) is 12.5 Å². The van der Waals surface area contributed by atoms with Gasteiger partial charge >= 0.3 is 23.7 Å². The highest BCUT2D eigenvalue weighted by molar-refractivity contribution is 5.83. The van der Waals surface area contributed by atoms with Gasteiger partial charge in [-0.1, -0.05) is 12.1 Å². The summed E-state index contributed by atoms with van der Waals surface area (Å²) in [6.07, 6.45) is -2.77. The molecule has 0 aliphatic heterocycles. The summed E-state index contributed by atoms with van der Waals surface area (Å²) in [4.78, 5) is 46.7. The second-order valence-electron chi connectivity index (χ2n) is 6.81. The van der Waals surface area contributed by atoms with Gasteiger partial charge in [-0.05, 0) is 26.8 Å². The molecule has 11 nitrogen and oxygen atoms in total. The molecule has 0 aliphatic carbocycles. The molecule has 160 valence electrons. The molecule has 0 saturated heterocycles. The van der Waals surface area contributed by atoms with Crippen LogP contribution < -0.4 is 10.1 Å². The molecule has 1 aromatic carbocycles. The number of nitrogens with zero attached hydrogens (tertiary/aromatic N) is 1. The third-order valence-electron chi connectivity index (χ3n) is 3.42. The van der Waals surface area contributed by atoms with E-state index in [-0.39, 0.29) is 11.4 Å². The van der Waals surface area contributed by atoms with Crippen molar-refractivity contribution in [1.29, 1.82) is 0 Å². The van der Waals surface area contributed by atoms with Gasteiger partial charge in [-0.15, -0.1) is 0 Å². The predicted octanol–water partition coefficient (Wildman–Crippen LogP) is 1.97. The first-order valence-corrected chi connectivity index (χ1v) is 8.53. The Kier molecular flexibility index (Phi) is 8.37. The van der Waals surface area contributed by atoms with Crippen LogP contribution in [0.4, 0.5) is 10.5 Å². The average Bonchev–Trinajstić information content (AvgIpc) is 2.64. The van der Waals surface area contributed by atoms with Crippen LogP contribution in [0.1, 0.15) is 27.2 Å². The van der Waals surface area contributed by atoms with Crippen molar-refractivity contribution in [2.75, 3.05) is 14.2 Å². The lowest BCUT2D eigenvalue weighted by Gasteiger charge is -2.24. The van der Waals surface area contributed by atoms with Gasteiger partial charge in [0.2, 0.25) is 0 Å². The second-order valence-corrected chi connectivity index (χ2v) is 6.81. The topological polar surface area (TPSA) is 143 Å². The van der Waals surface area contributed by atoms with E-state index in [9.17, 15) is 24.5 Å². The number of amides is 1. The minimum atomic E-state index is -1.44. The molecule has 29 heavy (non-hydrogen) atoms. The molecule has 1 rings (SSSR count). The number of hydrogen-bond acceptors (Lipinski definition) is 9. The largest absolute Gasteiger partial charge is 0.471 e. The molecule has 1 aromatic rings. The summed E-state index contributed by atoms with van der Waals surface area (Å²) < 4.78 is 19.8. The van der Waals surface area contributed by atoms with Crippen molar-refractivity contribution in [3.8, 4) is 5.75 Å². The minimum absolute atomic E-state index is 0.200. The van der Waals surface area contributed by atoms with Crippen molar-refractivity contribution in [2.45, 2.75) is 44.9 Å². The number of carbonyl (C=O) groups is 3. The number of hydrogen-bond donors (Lipinski definition) is 1. The fourth-order valence-electron chi connectivity index (χ4n) is 2.21. The number of alkyl carbamates (subject to hydrolysis) is 1. The zero-order valence-corrected chi connectivity index (χ0v) is 16.8. The van der Waals surface area contributed by atoms with Gasteiger partial charge < -0.3 is 24.3 Å². The van der Waals surface area contributed by atoms with E-state index in [1.54, 1.807) is 20.8 Å². The molecule has 2 atom stereocenters. The monoisotopic (exact) mass is 412 g/mol. The maximum Gasteiger partial charge on any atom is 0.408 e. The van der Waals surface area contributed by atoms with Crippen LogP contribution in [0.5, 0.6) is 5.75 Å². The molecule has 0 fully saturated rings. The van der Waals surface area contributed by atoms with Crippen molar-refractivity contribution in [1.82, 2.24) is 5.32 Å². The fraction of sp³-hybridized carbons (Fsp3) is 0.500. The number of nitrogens with one attached hydrogen (secondary N) is 1. The lowest BCUT2D eigenvalue weighted by atomic mass is 10.1. The molecule has 0 aliphatic rings. The van der Waals surface area contributed by atoms with E-state index in [1.165, 1.54) is 24.3 Å². The fourth-order valence-corrected chi connectivity index (χ4v) is 2.21. The highest BCUT2D eigenvalue weighted by Gasteiger charge is 2.34. The number of benzene rings is 1. The number of para-hydroxylation sites is 2. The van der Waals surface area contributed by atoms with E-state index in [4.69, 9.17) is 9.47 Å². The van der Waals surface area contributed by atoms with Gasteiger partial charge in [0.25, 0.3) is 0 Å². The first kappa shape index (κ1) is 23.7. The maximum atomic E-state index is 12.1. The summed E-state index contributed by atoms with van der Waals surface area (Å²) in [5, 5.41) is 13.5. The van der Waals surface area contributed by atoms with Crippen LogP contribution in [0.2, 0.25) is 0 Å². The summed E-state index contributed by atoms with van der Waals surface area (Å²) >= 11 is 0. The zero-order chi connectivity index (χ0) is 22.2. The summed E-state index contributed by atoms with van der Waals surface area (Å²) in [6, 6.07) is 4.07. The number of ether oxygens (including phenoxy) is 4. The summed E-state index contributed by atoms with van der Waals surface area (Å²) in [6.45, 7) is 4.90. The summed E-state index contributed by atoms with van der Waals surface area (Å²) in [7, 11) is 2.19. The van der Waals surface area contributed by atoms with Crippen LogP contribution in [0.3, 0.4) is 0 Å². The van der Waals surface area contributed by atoms with E-state index < -0.39 is 47.1 Å². The lowest BCUT2D eigenvalue weighted by molar-refractivity contribution is -0.386. The molecule has 1 amide bonds. The van der Waals surface area contributed by atoms with Crippen LogP contribution in [-0.2, 0) is 23.8 Å². The Morgan fingerprint density at radius 1 is 1.10 bits per heavy atom. The molecule has 0 radical (unpaired) electrons. The van der Waals surface area contributed by atoms with E-state index in [0.29, 0.717) is 0 Å². The molecule has 0 unspecified atom stereocenters. The normalized spacial score (nSPS) is 12.9. The highest BCUT2D eigenvalue weighted by Crippen LogP contribution is 2.28. The number of nitro benzene ring substituents is 1. The van der Waals surface area contributed by atoms with Gasteiger partial charge in [0.15, 0.2) is 11.9 Å². The first-order chi connectivity index (χ1) is 13.5. The Bertz CT molecular complexity index is 758. The SMILES string of the molecule is COC(=O)[C@H](C[C@H](Oc1ccccc1[N+](=O)[O-])C(=O)OC)NC(=O)OC(C)(C)C. The van der Waals surface area contributed by atoms with Gasteiger partial charge in [0.1, 0.15) is 11.6 Å². The van der Waals surface area contributed by atoms with E-state index >= 15 is 0 Å². The highest BCUT2D eigenvalue weighted by atomic mass is 16.6. The minimum Gasteiger partial charge on any atom is -0.471 e. The smallest absolute Gasteiger partial charge is 0.408 e. The van der Waals surface area contributed by atoms with Crippen LogP contribution in [0.15, 0.2) is 24.3 Å². The van der Waals surface area contributed by atoms with E-state index in [2.05, 4.69) is 14.8 Å². The number of esters is 2. The molecule has 0 bridgehead atoms. The zero-order valence-electron chi connectivity index (χ0n) is 16.8. The van der Waals surface area contributed by atoms with Crippen molar-refractivity contribution < 1.29 is 38.3 Å². The second kappa shape index (κ2) is 10.2. The lowest BCUT2D eigenvalue weighted by Crippen LogP contribution is -2.47. The van der Waals surface area contributed by atoms with Gasteiger partial charge in [-0.25, -0.2) is 14.4 Å². The number of rotatable bonds is 8. The Hall–Kier alpha value is -3.37. The predicted molar refractivity (Wildman–Crippen MR) is 99.3 cm³/mol. The van der Waals surface area contributed by atoms with Crippen molar-refractivity contribution in [3.63, 3.8) is 0 Å². The molecule has 11 heteroatoms. The van der Waals surface area contributed by atoms with Crippen molar-refractivity contribution >= 4 is 23.7 Å². The van der Waals surface area contributed by atoms with E-state index in [1.807, 2.05) is 0 Å². The molecule has 1 N–H and O–H groups in total. The van der Waals surface area contributed by atoms with Crippen molar-refractivity contribution in [2.24, 2.45) is 0 Å². The molecule has 0 aromatic heterocycles. The molecule has 0 spiro atoms. The van der Waals surface area contributed by atoms with Crippen LogP contribution in [-0.4, -0.2) is 54.9 Å². The Morgan fingerprint density at radius 2 is 1.69 bits per heavy atom. The first-order valence-electron chi connectivity index (χ1n) is 8.53. The molecule has 0 saturated carbocycles. The van der Waals surface area contributed by atoms with Gasteiger partial charge in [-0.3, -0.25) is 10.1 Å². The number of carbonyl (C=O) groups excluding carboxylic acids is 3. The van der Waals surface area contributed by atoms with Crippen LogP contribution in [0, 0.1) is 10.1 Å². The summed E-state index contributed by atoms with van der Waals surface area (Å²) in [5.74, 6) is -1.97. The third-order valence-corrected chi connectivity index (χ3v) is 3.42. The average molecular weight is 412 g/mol. The molecular formula is C18H24N2O9. The van der Waals surface area contributed by atoms with Gasteiger partial charge in [0.05, 0.1) is 19.1 Å². The number of nitro groups is 1. The summed E-state index contributed by atoms with van der Waals surface area (Å²) in [5.41, 5.74) is -1.20. The van der Waals surface area contributed by atoms with Gasteiger partial charge in [-0.2, -0.15) is 0 Å². The quantitative estimate of drug-likeness (QED) is 0.293. The van der Waals surface area contributed by atoms with Crippen molar-refractivity contribution in [3.05, 3.63) is 34.4 Å². The maximum absolute atomic E-state index is 12.1. The molecular weight excluding hydrogens is 388 g/mol. The Labute approximate surface area is 167 Å².